The van der Waals surface area contributed by atoms with E-state index in [9.17, 15) is 10.1 Å². The Morgan fingerprint density at radius 2 is 2.16 bits per heavy atom. The molecule has 0 atom stereocenters. The van der Waals surface area contributed by atoms with Gasteiger partial charge in [-0.3, -0.25) is 10.1 Å². The number of aromatic nitrogens is 1. The van der Waals surface area contributed by atoms with Gasteiger partial charge in [0.25, 0.3) is 0 Å². The van der Waals surface area contributed by atoms with Crippen LogP contribution in [-0.4, -0.2) is 55.2 Å². The molecule has 0 spiro atoms. The van der Waals surface area contributed by atoms with Crippen LogP contribution >= 0.6 is 0 Å². The molecular weight excluding hydrogens is 248 g/mol. The molecule has 0 aliphatic carbocycles. The standard InChI is InChI=1S/C12H20N4O3/c1-10-4-5-11(16(17)18)12(14-10)13-6-8-19-9-7-15(2)3/h4-5H,6-9H2,1-3H3,(H,13,14). The van der Waals surface area contributed by atoms with Crippen molar-refractivity contribution in [2.24, 2.45) is 0 Å². The van der Waals surface area contributed by atoms with Crippen LogP contribution in [0.25, 0.3) is 0 Å². The third kappa shape index (κ3) is 5.62. The van der Waals surface area contributed by atoms with E-state index in [-0.39, 0.29) is 5.69 Å². The van der Waals surface area contributed by atoms with Gasteiger partial charge in [-0.05, 0) is 27.1 Å². The molecule has 7 heteroatoms. The van der Waals surface area contributed by atoms with Crippen LogP contribution in [0.5, 0.6) is 0 Å². The van der Waals surface area contributed by atoms with Gasteiger partial charge in [0.2, 0.25) is 5.82 Å². The molecule has 0 radical (unpaired) electrons. The van der Waals surface area contributed by atoms with Crippen LogP contribution in [0.3, 0.4) is 0 Å². The van der Waals surface area contributed by atoms with Crippen LogP contribution < -0.4 is 5.32 Å². The average Bonchev–Trinajstić information content (AvgIpc) is 2.33. The summed E-state index contributed by atoms with van der Waals surface area (Å²) < 4.78 is 5.39. The fourth-order valence-corrected chi connectivity index (χ4v) is 1.42. The Balaban J connectivity index is 2.40. The van der Waals surface area contributed by atoms with Crippen molar-refractivity contribution in [2.45, 2.75) is 6.92 Å². The summed E-state index contributed by atoms with van der Waals surface area (Å²) in [5.74, 6) is 0.293. The number of aryl methyl sites for hydroxylation is 1. The second-order valence-corrected chi connectivity index (χ2v) is 4.42. The average molecular weight is 268 g/mol. The zero-order chi connectivity index (χ0) is 14.3. The van der Waals surface area contributed by atoms with Crippen LogP contribution in [-0.2, 0) is 4.74 Å². The van der Waals surface area contributed by atoms with E-state index in [2.05, 4.69) is 10.3 Å². The molecule has 1 heterocycles. The summed E-state index contributed by atoms with van der Waals surface area (Å²) in [5, 5.41) is 13.8. The van der Waals surface area contributed by atoms with Gasteiger partial charge in [0.1, 0.15) is 0 Å². The van der Waals surface area contributed by atoms with Crippen molar-refractivity contribution < 1.29 is 9.66 Å². The van der Waals surface area contributed by atoms with Gasteiger partial charge in [0, 0.05) is 24.8 Å². The number of nitrogens with zero attached hydrogens (tertiary/aromatic N) is 3. The number of nitro groups is 1. The first-order valence-corrected chi connectivity index (χ1v) is 6.09. The molecule has 106 valence electrons. The Morgan fingerprint density at radius 1 is 1.42 bits per heavy atom. The quantitative estimate of drug-likeness (QED) is 0.434. The molecule has 0 unspecified atom stereocenters. The highest BCUT2D eigenvalue weighted by Crippen LogP contribution is 2.21. The van der Waals surface area contributed by atoms with E-state index < -0.39 is 4.92 Å². The second-order valence-electron chi connectivity index (χ2n) is 4.42. The molecule has 19 heavy (non-hydrogen) atoms. The maximum Gasteiger partial charge on any atom is 0.311 e. The number of hydrogen-bond acceptors (Lipinski definition) is 6. The van der Waals surface area contributed by atoms with Crippen LogP contribution in [0.15, 0.2) is 12.1 Å². The van der Waals surface area contributed by atoms with E-state index >= 15 is 0 Å². The van der Waals surface area contributed by atoms with Crippen molar-refractivity contribution in [1.82, 2.24) is 9.88 Å². The first kappa shape index (κ1) is 15.3. The molecule has 0 amide bonds. The zero-order valence-electron chi connectivity index (χ0n) is 11.5. The number of ether oxygens (including phenoxy) is 1. The highest BCUT2D eigenvalue weighted by Gasteiger charge is 2.14. The second kappa shape index (κ2) is 7.65. The fraction of sp³-hybridized carbons (Fsp3) is 0.583. The molecule has 1 rings (SSSR count). The van der Waals surface area contributed by atoms with Crippen molar-refractivity contribution >= 4 is 11.5 Å². The topological polar surface area (TPSA) is 80.5 Å². The molecule has 0 saturated carbocycles. The number of likely N-dealkylation sites (N-methyl/N-ethyl adjacent to an activating group) is 1. The highest BCUT2D eigenvalue weighted by molar-refractivity contribution is 5.55. The summed E-state index contributed by atoms with van der Waals surface area (Å²) >= 11 is 0. The van der Waals surface area contributed by atoms with Gasteiger partial charge in [-0.2, -0.15) is 0 Å². The highest BCUT2D eigenvalue weighted by atomic mass is 16.6. The fourth-order valence-electron chi connectivity index (χ4n) is 1.42. The van der Waals surface area contributed by atoms with Crippen molar-refractivity contribution in [2.75, 3.05) is 45.7 Å². The summed E-state index contributed by atoms with van der Waals surface area (Å²) in [6.45, 7) is 4.26. The number of hydrogen-bond donors (Lipinski definition) is 1. The van der Waals surface area contributed by atoms with Crippen LogP contribution in [0, 0.1) is 17.0 Å². The van der Waals surface area contributed by atoms with Gasteiger partial charge in [0.05, 0.1) is 18.1 Å². The predicted molar refractivity (Wildman–Crippen MR) is 73.5 cm³/mol. The third-order valence-corrected chi connectivity index (χ3v) is 2.43. The Bertz CT molecular complexity index is 423. The summed E-state index contributed by atoms with van der Waals surface area (Å²) in [6, 6.07) is 3.08. The van der Waals surface area contributed by atoms with E-state index in [1.807, 2.05) is 19.0 Å². The summed E-state index contributed by atoms with van der Waals surface area (Å²) in [5.41, 5.74) is 0.723. The van der Waals surface area contributed by atoms with Crippen molar-refractivity contribution in [3.05, 3.63) is 27.9 Å². The lowest BCUT2D eigenvalue weighted by Gasteiger charge is -2.10. The minimum atomic E-state index is -0.443. The molecule has 1 aromatic heterocycles. The van der Waals surface area contributed by atoms with Gasteiger partial charge in [0.15, 0.2) is 0 Å². The van der Waals surface area contributed by atoms with Gasteiger partial charge < -0.3 is 15.0 Å². The van der Waals surface area contributed by atoms with E-state index in [1.165, 1.54) is 6.07 Å². The van der Waals surface area contributed by atoms with Crippen LogP contribution in [0.1, 0.15) is 5.69 Å². The lowest BCUT2D eigenvalue weighted by molar-refractivity contribution is -0.384. The maximum absolute atomic E-state index is 10.8. The monoisotopic (exact) mass is 268 g/mol. The molecule has 0 saturated heterocycles. The predicted octanol–water partition coefficient (Wildman–Crippen LogP) is 1.29. The molecule has 1 N–H and O–H groups in total. The van der Waals surface area contributed by atoms with Crippen molar-refractivity contribution in [3.8, 4) is 0 Å². The van der Waals surface area contributed by atoms with E-state index in [0.29, 0.717) is 25.6 Å². The molecule has 0 aliphatic rings. The Kier molecular flexibility index (Phi) is 6.17. The minimum absolute atomic E-state index is 0.0149. The Morgan fingerprint density at radius 3 is 2.79 bits per heavy atom. The number of anilines is 1. The summed E-state index contributed by atoms with van der Waals surface area (Å²) in [7, 11) is 3.95. The van der Waals surface area contributed by atoms with Gasteiger partial charge in [-0.25, -0.2) is 4.98 Å². The van der Waals surface area contributed by atoms with Crippen LogP contribution in [0.4, 0.5) is 11.5 Å². The largest absolute Gasteiger partial charge is 0.378 e. The van der Waals surface area contributed by atoms with Crippen molar-refractivity contribution in [3.63, 3.8) is 0 Å². The molecule has 0 aliphatic heterocycles. The number of nitrogens with one attached hydrogen (secondary N) is 1. The van der Waals surface area contributed by atoms with E-state index in [1.54, 1.807) is 13.0 Å². The van der Waals surface area contributed by atoms with Gasteiger partial charge in [-0.1, -0.05) is 0 Å². The first-order chi connectivity index (χ1) is 9.00. The number of pyridine rings is 1. The molecular formula is C12H20N4O3. The molecule has 1 aromatic rings. The normalized spacial score (nSPS) is 10.7. The first-order valence-electron chi connectivity index (χ1n) is 6.09. The third-order valence-electron chi connectivity index (χ3n) is 2.43. The number of rotatable bonds is 8. The Hall–Kier alpha value is -1.73. The van der Waals surface area contributed by atoms with Crippen molar-refractivity contribution in [1.29, 1.82) is 0 Å². The lowest BCUT2D eigenvalue weighted by atomic mass is 10.3. The van der Waals surface area contributed by atoms with E-state index in [4.69, 9.17) is 4.74 Å². The molecule has 7 nitrogen and oxygen atoms in total. The van der Waals surface area contributed by atoms with Crippen LogP contribution in [0.2, 0.25) is 0 Å². The smallest absolute Gasteiger partial charge is 0.311 e. The van der Waals surface area contributed by atoms with Gasteiger partial charge >= 0.3 is 5.69 Å². The maximum atomic E-state index is 10.8. The zero-order valence-corrected chi connectivity index (χ0v) is 11.5. The molecule has 0 fully saturated rings. The molecule has 0 bridgehead atoms. The minimum Gasteiger partial charge on any atom is -0.378 e. The van der Waals surface area contributed by atoms with E-state index in [0.717, 1.165) is 12.2 Å². The molecule has 0 aromatic carbocycles. The Labute approximate surface area is 112 Å². The summed E-state index contributed by atoms with van der Waals surface area (Å²) in [6.07, 6.45) is 0. The lowest BCUT2D eigenvalue weighted by Crippen LogP contribution is -2.20. The summed E-state index contributed by atoms with van der Waals surface area (Å²) in [4.78, 5) is 16.5. The van der Waals surface area contributed by atoms with Gasteiger partial charge in [-0.15, -0.1) is 0 Å². The SMILES string of the molecule is Cc1ccc([N+](=O)[O-])c(NCCOCCN(C)C)n1.